The highest BCUT2D eigenvalue weighted by molar-refractivity contribution is 5.76. The highest BCUT2D eigenvalue weighted by Gasteiger charge is 2.51. The molecular formula is C75H131NO13. The molecule has 1 amide bonds. The van der Waals surface area contributed by atoms with Crippen LogP contribution in [0, 0.1) is 0 Å². The van der Waals surface area contributed by atoms with Gasteiger partial charge in [-0.15, -0.1) is 0 Å². The van der Waals surface area contributed by atoms with E-state index >= 15 is 0 Å². The molecule has 0 bridgehead atoms. The molecule has 0 aromatic rings. The van der Waals surface area contributed by atoms with E-state index in [1.54, 1.807) is 0 Å². The van der Waals surface area contributed by atoms with Crippen LogP contribution in [0.2, 0.25) is 0 Å². The van der Waals surface area contributed by atoms with Gasteiger partial charge in [0.15, 0.2) is 12.6 Å². The van der Waals surface area contributed by atoms with E-state index in [9.17, 15) is 45.6 Å². The second kappa shape index (κ2) is 58.7. The number of amides is 1. The monoisotopic (exact) mass is 1250 g/mol. The Balaban J connectivity index is 1.60. The van der Waals surface area contributed by atoms with Crippen molar-refractivity contribution in [1.29, 1.82) is 0 Å². The van der Waals surface area contributed by atoms with Crippen LogP contribution in [-0.2, 0) is 23.7 Å². The molecule has 12 unspecified atom stereocenters. The minimum absolute atomic E-state index is 0.208. The summed E-state index contributed by atoms with van der Waals surface area (Å²) < 4.78 is 22.9. The number of ether oxygens (including phenoxy) is 4. The lowest BCUT2D eigenvalue weighted by atomic mass is 9.97. The number of hydrogen-bond acceptors (Lipinski definition) is 13. The first-order valence-corrected chi connectivity index (χ1v) is 36.0. The first-order valence-electron chi connectivity index (χ1n) is 36.0. The molecule has 9 N–H and O–H groups in total. The summed E-state index contributed by atoms with van der Waals surface area (Å²) in [6.07, 6.45) is 65.7. The number of carbonyl (C=O) groups excluding carboxylic acids is 1. The largest absolute Gasteiger partial charge is 0.394 e. The van der Waals surface area contributed by atoms with Gasteiger partial charge in [-0.05, 0) is 77.0 Å². The molecule has 0 spiro atoms. The highest BCUT2D eigenvalue weighted by Crippen LogP contribution is 2.30. The Kier molecular flexibility index (Phi) is 54.1. The fourth-order valence-corrected chi connectivity index (χ4v) is 11.4. The van der Waals surface area contributed by atoms with Gasteiger partial charge in [-0.25, -0.2) is 0 Å². The number of nitrogens with one attached hydrogen (secondary N) is 1. The first kappa shape index (κ1) is 82.0. The van der Waals surface area contributed by atoms with Crippen molar-refractivity contribution in [2.45, 2.75) is 351 Å². The molecule has 0 aromatic heterocycles. The average molecular weight is 1250 g/mol. The number of aliphatic hydroxyl groups excluding tert-OH is 8. The fraction of sp³-hybridized carbons (Fsp3) is 0.773. The van der Waals surface area contributed by atoms with Gasteiger partial charge in [-0.3, -0.25) is 4.79 Å². The van der Waals surface area contributed by atoms with Crippen LogP contribution in [0.4, 0.5) is 0 Å². The predicted octanol–water partition coefficient (Wildman–Crippen LogP) is 15.0. The zero-order valence-electron chi connectivity index (χ0n) is 55.9. The average Bonchev–Trinajstić information content (AvgIpc) is 2.55. The summed E-state index contributed by atoms with van der Waals surface area (Å²) in [4.78, 5) is 13.3. The molecule has 2 aliphatic heterocycles. The Hall–Kier alpha value is -3.09. The van der Waals surface area contributed by atoms with Gasteiger partial charge < -0.3 is 65.1 Å². The molecule has 2 heterocycles. The Morgan fingerprint density at radius 3 is 1.19 bits per heavy atom. The summed E-state index contributed by atoms with van der Waals surface area (Å²) in [5.41, 5.74) is 0. The van der Waals surface area contributed by atoms with Crippen molar-refractivity contribution >= 4 is 5.91 Å². The third-order valence-electron chi connectivity index (χ3n) is 17.1. The maximum absolute atomic E-state index is 13.3. The van der Waals surface area contributed by atoms with Crippen LogP contribution in [0.1, 0.15) is 277 Å². The van der Waals surface area contributed by atoms with Crippen molar-refractivity contribution in [2.75, 3.05) is 19.8 Å². The van der Waals surface area contributed by atoms with E-state index in [1.165, 1.54) is 148 Å². The molecule has 14 nitrogen and oxygen atoms in total. The van der Waals surface area contributed by atoms with Gasteiger partial charge in [0.05, 0.1) is 32.0 Å². The Labute approximate surface area is 541 Å². The first-order chi connectivity index (χ1) is 43.6. The maximum atomic E-state index is 13.3. The smallest absolute Gasteiger partial charge is 0.220 e. The molecule has 0 saturated carbocycles. The van der Waals surface area contributed by atoms with Crippen molar-refractivity contribution in [2.24, 2.45) is 0 Å². The zero-order valence-corrected chi connectivity index (χ0v) is 55.9. The van der Waals surface area contributed by atoms with Crippen LogP contribution >= 0.6 is 0 Å². The normalized spacial score (nSPS) is 23.6. The lowest BCUT2D eigenvalue weighted by molar-refractivity contribution is -0.359. The number of hydrogen-bond donors (Lipinski definition) is 9. The molecule has 14 heteroatoms. The summed E-state index contributed by atoms with van der Waals surface area (Å²) in [6.45, 7) is 2.76. The van der Waals surface area contributed by atoms with E-state index in [1.807, 2.05) is 0 Å². The third kappa shape index (κ3) is 42.7. The van der Waals surface area contributed by atoms with Gasteiger partial charge >= 0.3 is 0 Å². The van der Waals surface area contributed by atoms with Crippen LogP contribution in [0.3, 0.4) is 0 Å². The van der Waals surface area contributed by atoms with Crippen LogP contribution in [-0.4, -0.2) is 140 Å². The molecule has 0 radical (unpaired) electrons. The minimum atomic E-state index is -1.79. The van der Waals surface area contributed by atoms with Gasteiger partial charge in [-0.1, -0.05) is 291 Å². The van der Waals surface area contributed by atoms with Crippen molar-refractivity contribution < 1.29 is 64.6 Å². The number of rotatable bonds is 58. The van der Waals surface area contributed by atoms with Gasteiger partial charge in [0, 0.05) is 6.42 Å². The molecule has 2 saturated heterocycles. The van der Waals surface area contributed by atoms with Crippen LogP contribution in [0.25, 0.3) is 0 Å². The molecule has 2 fully saturated rings. The molecule has 514 valence electrons. The summed E-state index contributed by atoms with van der Waals surface area (Å²) in [6, 6.07) is -0.834. The standard InChI is InChI=1S/C75H131NO13/c1-3-5-7-9-11-13-15-17-19-21-22-23-24-25-26-27-28-29-30-31-32-33-34-35-36-37-38-39-40-41-42-43-45-47-49-51-53-55-57-59-67(80)76-63(64(79)58-56-54-52-50-48-46-44-20-18-16-14-12-10-8-6-4-2)62-86-74-72(85)70(83)73(66(61-78)88-74)89-75-71(84)69(82)68(81)65(60-77)87-75/h5,7,11,13,17,19,22-23,25-26,28-29,31-32,34-35,63-66,68-75,77-79,81-85H,3-4,6,8-10,12,14-16,18,20-21,24,27,30,33,36-62H2,1-2H3,(H,76,80)/b7-5-,13-11-,19-17-,23-22-,26-25-,29-28-,32-31-,35-34-. The van der Waals surface area contributed by atoms with Crippen molar-refractivity contribution in [3.63, 3.8) is 0 Å². The van der Waals surface area contributed by atoms with E-state index in [2.05, 4.69) is 116 Å². The maximum Gasteiger partial charge on any atom is 0.220 e. The molecule has 89 heavy (non-hydrogen) atoms. The molecule has 2 aliphatic rings. The number of allylic oxidation sites excluding steroid dienone is 16. The number of unbranched alkanes of at least 4 members (excludes halogenated alkanes) is 29. The lowest BCUT2D eigenvalue weighted by Crippen LogP contribution is -2.65. The van der Waals surface area contributed by atoms with E-state index in [-0.39, 0.29) is 12.5 Å². The lowest BCUT2D eigenvalue weighted by Gasteiger charge is -2.46. The van der Waals surface area contributed by atoms with Crippen molar-refractivity contribution in [1.82, 2.24) is 5.32 Å². The summed E-state index contributed by atoms with van der Waals surface area (Å²) in [7, 11) is 0. The van der Waals surface area contributed by atoms with Gasteiger partial charge in [0.25, 0.3) is 0 Å². The van der Waals surface area contributed by atoms with Gasteiger partial charge in [-0.2, -0.15) is 0 Å². The van der Waals surface area contributed by atoms with Crippen molar-refractivity contribution in [3.05, 3.63) is 97.2 Å². The summed E-state index contributed by atoms with van der Waals surface area (Å²) >= 11 is 0. The molecule has 0 aromatic carbocycles. The zero-order chi connectivity index (χ0) is 64.5. The van der Waals surface area contributed by atoms with E-state index in [4.69, 9.17) is 18.9 Å². The van der Waals surface area contributed by atoms with E-state index in [0.717, 1.165) is 103 Å². The topological polar surface area (TPSA) is 228 Å². The second-order valence-electron chi connectivity index (χ2n) is 25.0. The van der Waals surface area contributed by atoms with Crippen LogP contribution in [0.15, 0.2) is 97.2 Å². The Morgan fingerprint density at radius 2 is 0.775 bits per heavy atom. The van der Waals surface area contributed by atoms with E-state index < -0.39 is 86.8 Å². The number of aliphatic hydroxyl groups is 8. The minimum Gasteiger partial charge on any atom is -0.394 e. The quantitative estimate of drug-likeness (QED) is 0.0204. The molecular weight excluding hydrogens is 1120 g/mol. The number of carbonyl (C=O) groups is 1. The van der Waals surface area contributed by atoms with Crippen molar-refractivity contribution in [3.8, 4) is 0 Å². The van der Waals surface area contributed by atoms with Gasteiger partial charge in [0.2, 0.25) is 5.91 Å². The van der Waals surface area contributed by atoms with E-state index in [0.29, 0.717) is 12.8 Å². The summed E-state index contributed by atoms with van der Waals surface area (Å²) in [5, 5.41) is 87.5. The Morgan fingerprint density at radius 1 is 0.416 bits per heavy atom. The Bertz CT molecular complexity index is 1860. The summed E-state index contributed by atoms with van der Waals surface area (Å²) in [5.74, 6) is -0.208. The molecule has 2 rings (SSSR count). The third-order valence-corrected chi connectivity index (χ3v) is 17.1. The molecule has 0 aliphatic carbocycles. The van der Waals surface area contributed by atoms with Crippen LogP contribution < -0.4 is 5.32 Å². The highest BCUT2D eigenvalue weighted by atomic mass is 16.7. The van der Waals surface area contributed by atoms with Crippen LogP contribution in [0.5, 0.6) is 0 Å². The molecule has 12 atom stereocenters. The second-order valence-corrected chi connectivity index (χ2v) is 25.0. The van der Waals surface area contributed by atoms with Gasteiger partial charge in [0.1, 0.15) is 48.8 Å². The SMILES string of the molecule is CC/C=C\C/C=C\C/C=C\C/C=C\C/C=C\C/C=C\C/C=C\C/C=C\CCCCCCCCCCCCCCCCC(=O)NC(COC1OC(CO)C(OC2OC(CO)C(O)C(O)C2O)C(O)C1O)C(O)CCCCCCCCCCCCCCCCCC. The predicted molar refractivity (Wildman–Crippen MR) is 364 cm³/mol. The fourth-order valence-electron chi connectivity index (χ4n) is 11.4.